The Morgan fingerprint density at radius 1 is 1.62 bits per heavy atom. The van der Waals surface area contributed by atoms with Gasteiger partial charge >= 0.3 is 0 Å². The van der Waals surface area contributed by atoms with E-state index in [4.69, 9.17) is 24.7 Å². The predicted molar refractivity (Wildman–Crippen MR) is 54.7 cm³/mol. The molecule has 0 aliphatic heterocycles. The molecule has 1 unspecified atom stereocenters. The molecule has 90 valence electrons. The molecule has 0 aromatic carbocycles. The number of hydrogen-bond acceptors (Lipinski definition) is 6. The molecule has 0 saturated carbocycles. The lowest BCUT2D eigenvalue weighted by Crippen LogP contribution is -2.31. The van der Waals surface area contributed by atoms with Gasteiger partial charge in [0.15, 0.2) is 5.76 Å². The Morgan fingerprint density at radius 2 is 2.19 bits per heavy atom. The van der Waals surface area contributed by atoms with Crippen molar-refractivity contribution in [3.8, 4) is 0 Å². The van der Waals surface area contributed by atoms with Crippen LogP contribution in [0.15, 0.2) is 28.0 Å². The molecule has 1 heterocycles. The highest BCUT2D eigenvalue weighted by Gasteiger charge is 2.14. The maximum absolute atomic E-state index is 9.00. The first-order valence-electron chi connectivity index (χ1n) is 4.37. The van der Waals surface area contributed by atoms with E-state index in [0.717, 1.165) is 6.92 Å². The minimum absolute atomic E-state index is 0.252. The van der Waals surface area contributed by atoms with Crippen molar-refractivity contribution in [1.29, 1.82) is 0 Å². The third-order valence-corrected chi connectivity index (χ3v) is 1.49. The van der Waals surface area contributed by atoms with Crippen LogP contribution in [0.2, 0.25) is 0 Å². The summed E-state index contributed by atoms with van der Waals surface area (Å²) in [5, 5.41) is 27.5. The Hall–Kier alpha value is -1.86. The molecule has 1 aromatic rings. The molecule has 16 heavy (non-hydrogen) atoms. The smallest absolute Gasteiger partial charge is 0.300 e. The average Bonchev–Trinajstić information content (AvgIpc) is 2.71. The summed E-state index contributed by atoms with van der Waals surface area (Å²) in [7, 11) is 0. The molecule has 0 radical (unpaired) electrons. The zero-order valence-corrected chi connectivity index (χ0v) is 8.91. The lowest BCUT2D eigenvalue weighted by molar-refractivity contribution is -0.134. The molecule has 0 bridgehead atoms. The van der Waals surface area contributed by atoms with Crippen LogP contribution in [0.3, 0.4) is 0 Å². The van der Waals surface area contributed by atoms with Gasteiger partial charge in [-0.05, 0) is 19.1 Å². The van der Waals surface area contributed by atoms with E-state index < -0.39 is 12.0 Å². The van der Waals surface area contributed by atoms with Crippen LogP contribution in [0.1, 0.15) is 19.6 Å². The number of furan rings is 1. The first-order valence-corrected chi connectivity index (χ1v) is 4.37. The molecule has 0 aliphatic carbocycles. The highest BCUT2D eigenvalue weighted by Crippen LogP contribution is 2.05. The van der Waals surface area contributed by atoms with Crippen LogP contribution in [-0.2, 0) is 4.79 Å². The lowest BCUT2D eigenvalue weighted by atomic mass is 10.2. The number of carboxylic acids is 1. The Kier molecular flexibility index (Phi) is 6.57. The average molecular weight is 230 g/mol. The second-order valence-electron chi connectivity index (χ2n) is 2.83. The zero-order valence-electron chi connectivity index (χ0n) is 8.91. The van der Waals surface area contributed by atoms with Crippen LogP contribution in [-0.4, -0.2) is 33.2 Å². The topological polar surface area (TPSA) is 115 Å². The number of carboxylic acid groups (broad SMARTS) is 1. The maximum Gasteiger partial charge on any atom is 0.300 e. The summed E-state index contributed by atoms with van der Waals surface area (Å²) in [5.74, 6) is -0.411. The molecule has 0 aliphatic rings. The predicted octanol–water partition coefficient (Wildman–Crippen LogP) is 0.916. The molecule has 1 rings (SSSR count). The van der Waals surface area contributed by atoms with Gasteiger partial charge in [-0.3, -0.25) is 4.79 Å². The van der Waals surface area contributed by atoms with Crippen molar-refractivity contribution in [1.82, 2.24) is 5.48 Å². The van der Waals surface area contributed by atoms with Crippen LogP contribution in [0.5, 0.6) is 0 Å². The summed E-state index contributed by atoms with van der Waals surface area (Å²) >= 11 is 0. The van der Waals surface area contributed by atoms with E-state index in [1.165, 1.54) is 6.26 Å². The second-order valence-corrected chi connectivity index (χ2v) is 2.83. The number of hydrogen-bond donors (Lipinski definition) is 4. The van der Waals surface area contributed by atoms with Crippen molar-refractivity contribution in [3.05, 3.63) is 24.2 Å². The van der Waals surface area contributed by atoms with Gasteiger partial charge in [0.2, 0.25) is 0 Å². The molecule has 0 saturated heterocycles. The normalized spacial score (nSPS) is 12.6. The van der Waals surface area contributed by atoms with Crippen LogP contribution in [0.4, 0.5) is 0 Å². The van der Waals surface area contributed by atoms with Crippen molar-refractivity contribution in [2.45, 2.75) is 19.9 Å². The highest BCUT2D eigenvalue weighted by atomic mass is 16.5. The number of rotatable bonds is 3. The Balaban J connectivity index is 0.000000487. The lowest BCUT2D eigenvalue weighted by Gasteiger charge is -2.07. The highest BCUT2D eigenvalue weighted by molar-refractivity contribution is 6.01. The summed E-state index contributed by atoms with van der Waals surface area (Å²) in [5.41, 5.74) is 2.21. The number of oxime groups is 1. The van der Waals surface area contributed by atoms with Crippen LogP contribution in [0.25, 0.3) is 0 Å². The van der Waals surface area contributed by atoms with Gasteiger partial charge < -0.3 is 19.9 Å². The van der Waals surface area contributed by atoms with E-state index in [9.17, 15) is 0 Å². The monoisotopic (exact) mass is 230 g/mol. The fourth-order valence-corrected chi connectivity index (χ4v) is 0.835. The van der Waals surface area contributed by atoms with Crippen LogP contribution < -0.4 is 5.48 Å². The van der Waals surface area contributed by atoms with Gasteiger partial charge in [0.25, 0.3) is 5.97 Å². The third-order valence-electron chi connectivity index (χ3n) is 1.49. The van der Waals surface area contributed by atoms with E-state index in [0.29, 0.717) is 5.76 Å². The summed E-state index contributed by atoms with van der Waals surface area (Å²) in [6.45, 7) is 2.72. The summed E-state index contributed by atoms with van der Waals surface area (Å²) in [6, 6.07) is 2.84. The van der Waals surface area contributed by atoms with Gasteiger partial charge in [0.1, 0.15) is 5.71 Å². The first-order chi connectivity index (χ1) is 7.52. The standard InChI is InChI=1S/C7H10N2O3.C2H4O2/c1-5(8-10)7(9-11)6-3-2-4-12-6;1-2(3)4/h2-5,8,10-11H,1H3;1H3,(H,3,4)/b9-7-;. The molecular weight excluding hydrogens is 216 g/mol. The van der Waals surface area contributed by atoms with Crippen molar-refractivity contribution < 1.29 is 24.7 Å². The van der Waals surface area contributed by atoms with Gasteiger partial charge in [0.05, 0.1) is 12.3 Å². The van der Waals surface area contributed by atoms with Crippen molar-refractivity contribution in [2.75, 3.05) is 0 Å². The molecule has 4 N–H and O–H groups in total. The fourth-order valence-electron chi connectivity index (χ4n) is 0.835. The summed E-state index contributed by atoms with van der Waals surface area (Å²) < 4.78 is 4.97. The largest absolute Gasteiger partial charge is 0.481 e. The first kappa shape index (κ1) is 14.1. The number of aliphatic carboxylic acids is 1. The molecule has 1 aromatic heterocycles. The fraction of sp³-hybridized carbons (Fsp3) is 0.333. The number of carbonyl (C=O) groups is 1. The van der Waals surface area contributed by atoms with Gasteiger partial charge in [-0.25, -0.2) is 0 Å². The zero-order chi connectivity index (χ0) is 12.6. The van der Waals surface area contributed by atoms with Crippen LogP contribution in [0, 0.1) is 0 Å². The van der Waals surface area contributed by atoms with Crippen molar-refractivity contribution in [3.63, 3.8) is 0 Å². The number of nitrogens with one attached hydrogen (secondary N) is 1. The molecular formula is C9H14N2O5. The Labute approximate surface area is 92.0 Å². The maximum atomic E-state index is 9.00. The van der Waals surface area contributed by atoms with E-state index in [1.54, 1.807) is 19.1 Å². The number of nitrogens with zero attached hydrogens (tertiary/aromatic N) is 1. The van der Waals surface area contributed by atoms with Crippen LogP contribution >= 0.6 is 0 Å². The molecule has 0 fully saturated rings. The summed E-state index contributed by atoms with van der Waals surface area (Å²) in [4.78, 5) is 9.00. The molecule has 7 nitrogen and oxygen atoms in total. The SMILES string of the molecule is CC(=O)O.CC(NO)/C(=N/O)c1ccco1. The Morgan fingerprint density at radius 3 is 2.50 bits per heavy atom. The van der Waals surface area contributed by atoms with E-state index in [2.05, 4.69) is 5.16 Å². The minimum atomic E-state index is -0.833. The second kappa shape index (κ2) is 7.43. The Bertz CT molecular complexity index is 330. The molecule has 0 amide bonds. The molecule has 7 heteroatoms. The van der Waals surface area contributed by atoms with E-state index in [-0.39, 0.29) is 5.71 Å². The van der Waals surface area contributed by atoms with Crippen molar-refractivity contribution >= 4 is 11.7 Å². The summed E-state index contributed by atoms with van der Waals surface area (Å²) in [6.07, 6.45) is 1.46. The van der Waals surface area contributed by atoms with E-state index >= 15 is 0 Å². The molecule has 0 spiro atoms. The van der Waals surface area contributed by atoms with Crippen molar-refractivity contribution in [2.24, 2.45) is 5.16 Å². The number of hydroxylamine groups is 1. The van der Waals surface area contributed by atoms with Gasteiger partial charge in [-0.15, -0.1) is 0 Å². The minimum Gasteiger partial charge on any atom is -0.481 e. The van der Waals surface area contributed by atoms with Gasteiger partial charge in [-0.1, -0.05) is 5.16 Å². The van der Waals surface area contributed by atoms with E-state index in [1.807, 2.05) is 5.48 Å². The van der Waals surface area contributed by atoms with Gasteiger partial charge in [0, 0.05) is 6.92 Å². The van der Waals surface area contributed by atoms with Gasteiger partial charge in [-0.2, -0.15) is 5.48 Å². The quantitative estimate of drug-likeness (QED) is 0.348. The molecule has 1 atom stereocenters. The third kappa shape index (κ3) is 5.13.